The molecule has 21 heavy (non-hydrogen) atoms. The van der Waals surface area contributed by atoms with Crippen LogP contribution in [-0.2, 0) is 9.59 Å². The topological polar surface area (TPSA) is 95.5 Å². The van der Waals surface area contributed by atoms with Crippen molar-refractivity contribution in [3.8, 4) is 0 Å². The first-order valence-corrected chi connectivity index (χ1v) is 7.71. The summed E-state index contributed by atoms with van der Waals surface area (Å²) in [5.41, 5.74) is 0. The second kappa shape index (κ2) is 11.1. The summed E-state index contributed by atoms with van der Waals surface area (Å²) in [6.07, 6.45) is 4.82. The maximum absolute atomic E-state index is 11.7. The van der Waals surface area contributed by atoms with Crippen LogP contribution in [0, 0.1) is 5.92 Å². The number of hydrogen-bond donors (Lipinski definition) is 3. The van der Waals surface area contributed by atoms with E-state index < -0.39 is 17.9 Å². The fourth-order valence-electron chi connectivity index (χ4n) is 2.17. The van der Waals surface area contributed by atoms with Crippen molar-refractivity contribution in [2.45, 2.75) is 71.8 Å². The van der Waals surface area contributed by atoms with Gasteiger partial charge in [0.05, 0.1) is 0 Å². The first-order valence-electron chi connectivity index (χ1n) is 7.71. The lowest BCUT2D eigenvalue weighted by molar-refractivity contribution is -0.138. The summed E-state index contributed by atoms with van der Waals surface area (Å²) < 4.78 is 0. The van der Waals surface area contributed by atoms with Gasteiger partial charge in [0.15, 0.2) is 0 Å². The number of rotatable bonds is 10. The molecule has 0 aromatic rings. The summed E-state index contributed by atoms with van der Waals surface area (Å²) in [6, 6.07) is -0.406. The van der Waals surface area contributed by atoms with Crippen molar-refractivity contribution in [2.24, 2.45) is 5.92 Å². The lowest BCUT2D eigenvalue weighted by atomic mass is 10.0. The zero-order chi connectivity index (χ0) is 16.3. The molecule has 0 heterocycles. The molecule has 0 aromatic heterocycles. The van der Waals surface area contributed by atoms with Crippen molar-refractivity contribution in [2.75, 3.05) is 0 Å². The van der Waals surface area contributed by atoms with Gasteiger partial charge in [0, 0.05) is 18.9 Å². The molecule has 0 saturated heterocycles. The van der Waals surface area contributed by atoms with Gasteiger partial charge in [-0.2, -0.15) is 0 Å². The SMILES string of the molecule is CCCCC(CCC)NC(=O)NC(=O)CC(C)CC(=O)O. The molecule has 0 aliphatic rings. The summed E-state index contributed by atoms with van der Waals surface area (Å²) in [7, 11) is 0. The van der Waals surface area contributed by atoms with E-state index in [1.807, 2.05) is 0 Å². The van der Waals surface area contributed by atoms with E-state index in [0.29, 0.717) is 0 Å². The number of carboxylic acid groups (broad SMARTS) is 1. The Bertz CT molecular complexity index is 345. The van der Waals surface area contributed by atoms with Gasteiger partial charge in [-0.25, -0.2) is 4.79 Å². The number of amides is 3. The Morgan fingerprint density at radius 3 is 2.24 bits per heavy atom. The highest BCUT2D eigenvalue weighted by Crippen LogP contribution is 2.08. The van der Waals surface area contributed by atoms with E-state index in [0.717, 1.165) is 32.1 Å². The molecule has 2 atom stereocenters. The molecule has 6 heteroatoms. The largest absolute Gasteiger partial charge is 0.481 e. The zero-order valence-corrected chi connectivity index (χ0v) is 13.3. The third kappa shape index (κ3) is 10.8. The summed E-state index contributed by atoms with van der Waals surface area (Å²) >= 11 is 0. The average Bonchev–Trinajstić information content (AvgIpc) is 2.34. The van der Waals surface area contributed by atoms with Crippen LogP contribution in [-0.4, -0.2) is 29.1 Å². The summed E-state index contributed by atoms with van der Waals surface area (Å²) in [5.74, 6) is -1.67. The van der Waals surface area contributed by atoms with E-state index in [4.69, 9.17) is 5.11 Å². The first kappa shape index (κ1) is 19.4. The van der Waals surface area contributed by atoms with Gasteiger partial charge in [-0.15, -0.1) is 0 Å². The van der Waals surface area contributed by atoms with E-state index >= 15 is 0 Å². The first-order chi connectivity index (χ1) is 9.88. The van der Waals surface area contributed by atoms with Crippen molar-refractivity contribution >= 4 is 17.9 Å². The molecule has 0 spiro atoms. The maximum atomic E-state index is 11.7. The van der Waals surface area contributed by atoms with E-state index in [9.17, 15) is 14.4 Å². The minimum absolute atomic E-state index is 0.0348. The van der Waals surface area contributed by atoms with Crippen LogP contribution in [0.25, 0.3) is 0 Å². The third-order valence-corrected chi connectivity index (χ3v) is 3.19. The zero-order valence-electron chi connectivity index (χ0n) is 13.3. The molecule has 2 unspecified atom stereocenters. The van der Waals surface area contributed by atoms with Gasteiger partial charge >= 0.3 is 12.0 Å². The molecule has 0 aliphatic heterocycles. The number of carbonyl (C=O) groups excluding carboxylic acids is 2. The van der Waals surface area contributed by atoms with Gasteiger partial charge in [-0.1, -0.05) is 40.0 Å². The van der Waals surface area contributed by atoms with Gasteiger partial charge < -0.3 is 10.4 Å². The van der Waals surface area contributed by atoms with Crippen molar-refractivity contribution in [3.05, 3.63) is 0 Å². The molecule has 122 valence electrons. The normalized spacial score (nSPS) is 13.3. The van der Waals surface area contributed by atoms with Crippen molar-refractivity contribution in [3.63, 3.8) is 0 Å². The third-order valence-electron chi connectivity index (χ3n) is 3.19. The van der Waals surface area contributed by atoms with Crippen LogP contribution in [0.3, 0.4) is 0 Å². The fourth-order valence-corrected chi connectivity index (χ4v) is 2.17. The fraction of sp³-hybridized carbons (Fsp3) is 0.800. The number of urea groups is 1. The maximum Gasteiger partial charge on any atom is 0.321 e. The Labute approximate surface area is 126 Å². The molecule has 3 N–H and O–H groups in total. The number of carboxylic acids is 1. The Balaban J connectivity index is 4.14. The molecule has 0 aromatic carbocycles. The highest BCUT2D eigenvalue weighted by atomic mass is 16.4. The van der Waals surface area contributed by atoms with Crippen LogP contribution in [0.15, 0.2) is 0 Å². The standard InChI is InChI=1S/C15H28N2O4/c1-4-6-8-12(7-5-2)16-15(21)17-13(18)9-11(3)10-14(19)20/h11-12H,4-10H2,1-3H3,(H,19,20)(H2,16,17,18,21). The highest BCUT2D eigenvalue weighted by Gasteiger charge is 2.16. The van der Waals surface area contributed by atoms with Gasteiger partial charge in [0.25, 0.3) is 0 Å². The van der Waals surface area contributed by atoms with Crippen molar-refractivity contribution < 1.29 is 19.5 Å². The molecule has 0 aliphatic carbocycles. The Kier molecular flexibility index (Phi) is 10.3. The van der Waals surface area contributed by atoms with Crippen LogP contribution in [0.4, 0.5) is 4.79 Å². The number of unbranched alkanes of at least 4 members (excludes halogenated alkanes) is 1. The van der Waals surface area contributed by atoms with E-state index in [2.05, 4.69) is 24.5 Å². The quantitative estimate of drug-likeness (QED) is 0.578. The predicted octanol–water partition coefficient (Wildman–Crippen LogP) is 2.67. The molecule has 0 rings (SSSR count). The molecule has 0 saturated carbocycles. The minimum Gasteiger partial charge on any atom is -0.481 e. The van der Waals surface area contributed by atoms with Crippen LogP contribution in [0.1, 0.15) is 65.7 Å². The summed E-state index contributed by atoms with van der Waals surface area (Å²) in [5, 5.41) is 13.7. The van der Waals surface area contributed by atoms with Crippen molar-refractivity contribution in [1.29, 1.82) is 0 Å². The number of aliphatic carboxylic acids is 1. The molecule has 0 radical (unpaired) electrons. The highest BCUT2D eigenvalue weighted by molar-refractivity contribution is 5.94. The number of imide groups is 1. The van der Waals surface area contributed by atoms with Crippen LogP contribution in [0.5, 0.6) is 0 Å². The van der Waals surface area contributed by atoms with E-state index in [-0.39, 0.29) is 24.8 Å². The van der Waals surface area contributed by atoms with Crippen LogP contribution >= 0.6 is 0 Å². The summed E-state index contributed by atoms with van der Waals surface area (Å²) in [6.45, 7) is 5.82. The van der Waals surface area contributed by atoms with E-state index in [1.54, 1.807) is 6.92 Å². The molecular formula is C15H28N2O4. The average molecular weight is 300 g/mol. The smallest absolute Gasteiger partial charge is 0.321 e. The molecule has 3 amide bonds. The second-order valence-corrected chi connectivity index (χ2v) is 5.56. The van der Waals surface area contributed by atoms with Crippen molar-refractivity contribution in [1.82, 2.24) is 10.6 Å². The second-order valence-electron chi connectivity index (χ2n) is 5.56. The van der Waals surface area contributed by atoms with Crippen LogP contribution in [0.2, 0.25) is 0 Å². The lowest BCUT2D eigenvalue weighted by Crippen LogP contribution is -2.44. The van der Waals surface area contributed by atoms with Gasteiger partial charge in [-0.3, -0.25) is 14.9 Å². The van der Waals surface area contributed by atoms with Gasteiger partial charge in [-0.05, 0) is 18.8 Å². The number of carbonyl (C=O) groups is 3. The lowest BCUT2D eigenvalue weighted by Gasteiger charge is -2.18. The van der Waals surface area contributed by atoms with Gasteiger partial charge in [0.2, 0.25) is 5.91 Å². The van der Waals surface area contributed by atoms with Gasteiger partial charge in [0.1, 0.15) is 0 Å². The van der Waals surface area contributed by atoms with Crippen LogP contribution < -0.4 is 10.6 Å². The minimum atomic E-state index is -0.942. The Morgan fingerprint density at radius 1 is 1.05 bits per heavy atom. The van der Waals surface area contributed by atoms with E-state index in [1.165, 1.54) is 0 Å². The monoisotopic (exact) mass is 300 g/mol. The summed E-state index contributed by atoms with van der Waals surface area (Å²) in [4.78, 5) is 33.9. The molecule has 6 nitrogen and oxygen atoms in total. The molecule has 0 fully saturated rings. The molecule has 0 bridgehead atoms. The number of hydrogen-bond acceptors (Lipinski definition) is 3. The Morgan fingerprint density at radius 2 is 1.71 bits per heavy atom. The predicted molar refractivity (Wildman–Crippen MR) is 80.9 cm³/mol. The number of nitrogens with one attached hydrogen (secondary N) is 2. The molecular weight excluding hydrogens is 272 g/mol. The Hall–Kier alpha value is -1.59.